The summed E-state index contributed by atoms with van der Waals surface area (Å²) in [5.74, 6) is -1.46. The number of rotatable bonds is 9. The van der Waals surface area contributed by atoms with Crippen LogP contribution < -0.4 is 16.4 Å². The Hall–Kier alpha value is -2.66. The summed E-state index contributed by atoms with van der Waals surface area (Å²) < 4.78 is 6.02. The number of aliphatic hydroxyl groups is 1. The highest BCUT2D eigenvalue weighted by molar-refractivity contribution is 14.1. The lowest BCUT2D eigenvalue weighted by Gasteiger charge is -2.20. The lowest BCUT2D eigenvalue weighted by molar-refractivity contribution is -0.129. The van der Waals surface area contributed by atoms with Crippen LogP contribution >= 0.6 is 22.6 Å². The minimum Gasteiger partial charge on any atom is -0.445 e. The highest BCUT2D eigenvalue weighted by Gasteiger charge is 2.26. The lowest BCUT2D eigenvalue weighted by Crippen LogP contribution is -2.54. The third-order valence-electron chi connectivity index (χ3n) is 3.99. The van der Waals surface area contributed by atoms with Gasteiger partial charge in [-0.25, -0.2) is 4.79 Å². The van der Waals surface area contributed by atoms with Gasteiger partial charge in [-0.3, -0.25) is 9.59 Å². The lowest BCUT2D eigenvalue weighted by atomic mass is 10.1. The summed E-state index contributed by atoms with van der Waals surface area (Å²) in [6.07, 6.45) is -0.676. The number of amides is 3. The van der Waals surface area contributed by atoms with Gasteiger partial charge in [0.1, 0.15) is 18.7 Å². The fraction of sp³-hybridized carbons (Fsp3) is 0.250. The van der Waals surface area contributed by atoms with Crippen LogP contribution in [0.1, 0.15) is 11.1 Å². The first-order chi connectivity index (χ1) is 13.9. The molecule has 5 N–H and O–H groups in total. The summed E-state index contributed by atoms with van der Waals surface area (Å²) in [6.45, 7) is -0.649. The summed E-state index contributed by atoms with van der Waals surface area (Å²) in [6, 6.07) is 14.1. The van der Waals surface area contributed by atoms with Crippen molar-refractivity contribution in [1.82, 2.24) is 10.6 Å². The number of halogens is 1. The number of alkyl carbamates (subject to hydrolysis) is 1. The van der Waals surface area contributed by atoms with E-state index in [1.165, 1.54) is 0 Å². The third kappa shape index (κ3) is 7.70. The molecule has 2 rings (SSSR count). The van der Waals surface area contributed by atoms with E-state index < -0.39 is 36.6 Å². The SMILES string of the molecule is NC(=O)[C@H](Cc1cccc(I)c1)NC(=O)[C@H](CO)NC(=O)OCc1ccccc1. The molecule has 0 saturated heterocycles. The zero-order valence-electron chi connectivity index (χ0n) is 15.5. The zero-order valence-corrected chi connectivity index (χ0v) is 17.7. The van der Waals surface area contributed by atoms with E-state index in [-0.39, 0.29) is 13.0 Å². The van der Waals surface area contributed by atoms with Crippen molar-refractivity contribution >= 4 is 40.5 Å². The van der Waals surface area contributed by atoms with E-state index in [2.05, 4.69) is 33.2 Å². The summed E-state index contributed by atoms with van der Waals surface area (Å²) in [5.41, 5.74) is 6.99. The molecule has 0 unspecified atom stereocenters. The molecule has 0 bridgehead atoms. The van der Waals surface area contributed by atoms with Crippen molar-refractivity contribution in [3.05, 3.63) is 69.3 Å². The maximum absolute atomic E-state index is 12.4. The van der Waals surface area contributed by atoms with Crippen molar-refractivity contribution in [3.63, 3.8) is 0 Å². The molecule has 0 saturated carbocycles. The van der Waals surface area contributed by atoms with Gasteiger partial charge in [0.25, 0.3) is 0 Å². The van der Waals surface area contributed by atoms with Crippen molar-refractivity contribution in [3.8, 4) is 0 Å². The fourth-order valence-electron chi connectivity index (χ4n) is 2.50. The highest BCUT2D eigenvalue weighted by atomic mass is 127. The molecule has 0 radical (unpaired) electrons. The number of aliphatic hydroxyl groups excluding tert-OH is 1. The Labute approximate surface area is 182 Å². The number of ether oxygens (including phenoxy) is 1. The number of nitrogens with one attached hydrogen (secondary N) is 2. The first-order valence-electron chi connectivity index (χ1n) is 8.81. The van der Waals surface area contributed by atoms with E-state index in [0.29, 0.717) is 0 Å². The second-order valence-electron chi connectivity index (χ2n) is 6.24. The van der Waals surface area contributed by atoms with Crippen LogP contribution in [0.5, 0.6) is 0 Å². The number of carbonyl (C=O) groups excluding carboxylic acids is 3. The Balaban J connectivity index is 1.92. The van der Waals surface area contributed by atoms with Gasteiger partial charge in [-0.1, -0.05) is 42.5 Å². The van der Waals surface area contributed by atoms with Gasteiger partial charge in [0.2, 0.25) is 11.8 Å². The summed E-state index contributed by atoms with van der Waals surface area (Å²) in [7, 11) is 0. The molecule has 3 amide bonds. The first kappa shape index (κ1) is 22.6. The van der Waals surface area contributed by atoms with Gasteiger partial charge >= 0.3 is 6.09 Å². The van der Waals surface area contributed by atoms with Gasteiger partial charge in [0, 0.05) is 9.99 Å². The number of primary amides is 1. The molecule has 0 spiro atoms. The Morgan fingerprint density at radius 3 is 2.31 bits per heavy atom. The zero-order chi connectivity index (χ0) is 21.2. The molecular formula is C20H22IN3O5. The van der Waals surface area contributed by atoms with E-state index in [1.807, 2.05) is 30.3 Å². The molecule has 0 aliphatic rings. The number of hydrogen-bond acceptors (Lipinski definition) is 5. The largest absolute Gasteiger partial charge is 0.445 e. The smallest absolute Gasteiger partial charge is 0.408 e. The summed E-state index contributed by atoms with van der Waals surface area (Å²) in [4.78, 5) is 36.1. The normalized spacial score (nSPS) is 12.5. The molecule has 0 aliphatic carbocycles. The minimum absolute atomic E-state index is 0.0169. The van der Waals surface area contributed by atoms with Gasteiger partial charge < -0.3 is 26.2 Å². The average molecular weight is 511 g/mol. The predicted molar refractivity (Wildman–Crippen MR) is 115 cm³/mol. The molecule has 0 fully saturated rings. The second-order valence-corrected chi connectivity index (χ2v) is 7.48. The van der Waals surface area contributed by atoms with Crippen LogP contribution in [0, 0.1) is 3.57 Å². The van der Waals surface area contributed by atoms with Gasteiger partial charge in [-0.2, -0.15) is 0 Å². The molecule has 0 aliphatic heterocycles. The molecule has 0 heterocycles. The van der Waals surface area contributed by atoms with E-state index in [9.17, 15) is 19.5 Å². The van der Waals surface area contributed by atoms with E-state index in [4.69, 9.17) is 10.5 Å². The number of benzene rings is 2. The van der Waals surface area contributed by atoms with Crippen LogP contribution in [0.3, 0.4) is 0 Å². The van der Waals surface area contributed by atoms with Gasteiger partial charge in [-0.15, -0.1) is 0 Å². The predicted octanol–water partition coefficient (Wildman–Crippen LogP) is 1.09. The van der Waals surface area contributed by atoms with Crippen LogP contribution in [-0.2, 0) is 27.4 Å². The second kappa shape index (κ2) is 11.4. The molecular weight excluding hydrogens is 489 g/mol. The number of nitrogens with two attached hydrogens (primary N) is 1. The molecule has 9 heteroatoms. The quantitative estimate of drug-likeness (QED) is 0.375. The minimum atomic E-state index is -1.28. The first-order valence-corrected chi connectivity index (χ1v) is 9.89. The summed E-state index contributed by atoms with van der Waals surface area (Å²) >= 11 is 2.14. The van der Waals surface area contributed by atoms with E-state index in [1.54, 1.807) is 24.3 Å². The maximum Gasteiger partial charge on any atom is 0.408 e. The topological polar surface area (TPSA) is 131 Å². The molecule has 2 atom stereocenters. The van der Waals surface area contributed by atoms with Gasteiger partial charge in [0.05, 0.1) is 6.61 Å². The van der Waals surface area contributed by atoms with Crippen molar-refractivity contribution in [1.29, 1.82) is 0 Å². The molecule has 2 aromatic carbocycles. The van der Waals surface area contributed by atoms with Crippen LogP contribution in [0.15, 0.2) is 54.6 Å². The molecule has 8 nitrogen and oxygen atoms in total. The fourth-order valence-corrected chi connectivity index (χ4v) is 3.10. The van der Waals surface area contributed by atoms with E-state index in [0.717, 1.165) is 14.7 Å². The Bertz CT molecular complexity index is 847. The summed E-state index contributed by atoms with van der Waals surface area (Å²) in [5, 5.41) is 14.2. The van der Waals surface area contributed by atoms with E-state index >= 15 is 0 Å². The van der Waals surface area contributed by atoms with Crippen LogP contribution in [0.2, 0.25) is 0 Å². The van der Waals surface area contributed by atoms with Crippen LogP contribution in [0.4, 0.5) is 4.79 Å². The molecule has 29 heavy (non-hydrogen) atoms. The average Bonchev–Trinajstić information content (AvgIpc) is 2.70. The highest BCUT2D eigenvalue weighted by Crippen LogP contribution is 2.10. The van der Waals surface area contributed by atoms with Gasteiger partial charge in [-0.05, 0) is 45.9 Å². The van der Waals surface area contributed by atoms with Crippen molar-refractivity contribution in [2.24, 2.45) is 5.73 Å². The van der Waals surface area contributed by atoms with Crippen molar-refractivity contribution in [2.45, 2.75) is 25.1 Å². The number of hydrogen-bond donors (Lipinski definition) is 4. The molecule has 2 aromatic rings. The Morgan fingerprint density at radius 2 is 1.69 bits per heavy atom. The molecule has 0 aromatic heterocycles. The molecule has 154 valence electrons. The van der Waals surface area contributed by atoms with Crippen molar-refractivity contribution < 1.29 is 24.2 Å². The monoisotopic (exact) mass is 511 g/mol. The standard InChI is InChI=1S/C20H22IN3O5/c21-15-8-4-7-14(9-15)10-16(18(22)26)23-19(27)17(11-25)24-20(28)29-12-13-5-2-1-3-6-13/h1-9,16-17,25H,10-12H2,(H2,22,26)(H,23,27)(H,24,28)/t16-,17-/m0/s1. The van der Waals surface area contributed by atoms with Crippen LogP contribution in [0.25, 0.3) is 0 Å². The van der Waals surface area contributed by atoms with Gasteiger partial charge in [0.15, 0.2) is 0 Å². The number of carbonyl (C=O) groups is 3. The van der Waals surface area contributed by atoms with Crippen LogP contribution in [-0.4, -0.2) is 41.7 Å². The third-order valence-corrected chi connectivity index (χ3v) is 4.66. The Morgan fingerprint density at radius 1 is 1.00 bits per heavy atom. The van der Waals surface area contributed by atoms with Crippen molar-refractivity contribution in [2.75, 3.05) is 6.61 Å². The maximum atomic E-state index is 12.4. The Kier molecular flexibility index (Phi) is 8.87.